The topological polar surface area (TPSA) is 59.1 Å². The van der Waals surface area contributed by atoms with Crippen LogP contribution in [0.2, 0.25) is 0 Å². The summed E-state index contributed by atoms with van der Waals surface area (Å²) in [6, 6.07) is 6.41. The van der Waals surface area contributed by atoms with Gasteiger partial charge in [-0.15, -0.1) is 0 Å². The van der Waals surface area contributed by atoms with Crippen molar-refractivity contribution in [3.63, 3.8) is 0 Å². The molecule has 0 aliphatic carbocycles. The van der Waals surface area contributed by atoms with Gasteiger partial charge in [-0.3, -0.25) is 4.72 Å². The monoisotopic (exact) mass is 298 g/mol. The molecule has 0 saturated heterocycles. The van der Waals surface area contributed by atoms with Gasteiger partial charge in [0.25, 0.3) is 10.0 Å². The minimum absolute atomic E-state index is 0.00400. The molecule has 20 heavy (non-hydrogen) atoms. The molecule has 0 fully saturated rings. The van der Waals surface area contributed by atoms with Crippen LogP contribution in [-0.2, 0) is 10.0 Å². The lowest BCUT2D eigenvalue weighted by Crippen LogP contribution is -2.15. The summed E-state index contributed by atoms with van der Waals surface area (Å²) in [6.45, 7) is 3.62. The second-order valence-corrected chi connectivity index (χ2v) is 6.01. The Morgan fingerprint density at radius 3 is 2.35 bits per heavy atom. The Kier molecular flexibility index (Phi) is 3.71. The van der Waals surface area contributed by atoms with Gasteiger partial charge in [0, 0.05) is 0 Å². The van der Waals surface area contributed by atoms with Gasteiger partial charge in [0.05, 0.1) is 4.90 Å². The summed E-state index contributed by atoms with van der Waals surface area (Å²) in [5.74, 6) is -2.23. The zero-order valence-corrected chi connectivity index (χ0v) is 11.6. The predicted octanol–water partition coefficient (Wildman–Crippen LogP) is 2.78. The molecular weight excluding hydrogens is 286 g/mol. The molecule has 2 rings (SSSR count). The highest BCUT2D eigenvalue weighted by Gasteiger charge is 2.17. The maximum Gasteiger partial charge on any atom is 0.262 e. The summed E-state index contributed by atoms with van der Waals surface area (Å²) in [4.78, 5) is 2.93. The van der Waals surface area contributed by atoms with Gasteiger partial charge in [0.15, 0.2) is 0 Å². The second-order valence-electron chi connectivity index (χ2n) is 4.32. The van der Waals surface area contributed by atoms with Crippen molar-refractivity contribution >= 4 is 15.7 Å². The van der Waals surface area contributed by atoms with Crippen molar-refractivity contribution in [1.29, 1.82) is 0 Å². The van der Waals surface area contributed by atoms with Gasteiger partial charge in [-0.1, -0.05) is 6.07 Å². The second kappa shape index (κ2) is 5.16. The highest BCUT2D eigenvalue weighted by Crippen LogP contribution is 2.20. The lowest BCUT2D eigenvalue weighted by molar-refractivity contribution is 0.515. The first-order chi connectivity index (χ1) is 9.29. The average Bonchev–Trinajstić information content (AvgIpc) is 2.36. The van der Waals surface area contributed by atoms with E-state index in [1.165, 1.54) is 12.1 Å². The van der Waals surface area contributed by atoms with E-state index < -0.39 is 27.6 Å². The first-order valence-electron chi connectivity index (χ1n) is 5.72. The molecule has 1 aromatic heterocycles. The van der Waals surface area contributed by atoms with Gasteiger partial charge in [-0.2, -0.15) is 13.8 Å². The van der Waals surface area contributed by atoms with Gasteiger partial charge in [-0.25, -0.2) is 8.42 Å². The lowest BCUT2D eigenvalue weighted by Gasteiger charge is -2.10. The van der Waals surface area contributed by atoms with Gasteiger partial charge in [0.2, 0.25) is 11.9 Å². The van der Waals surface area contributed by atoms with Crippen LogP contribution in [0.15, 0.2) is 35.2 Å². The van der Waals surface area contributed by atoms with Crippen molar-refractivity contribution in [2.45, 2.75) is 18.7 Å². The Morgan fingerprint density at radius 2 is 1.75 bits per heavy atom. The van der Waals surface area contributed by atoms with Crippen LogP contribution < -0.4 is 4.72 Å². The molecule has 0 aliphatic heterocycles. The zero-order valence-electron chi connectivity index (χ0n) is 10.8. The van der Waals surface area contributed by atoms with Crippen molar-refractivity contribution < 1.29 is 17.2 Å². The van der Waals surface area contributed by atoms with Crippen LogP contribution in [0.1, 0.15) is 11.1 Å². The number of nitrogens with one attached hydrogen (secondary N) is 1. The van der Waals surface area contributed by atoms with E-state index in [-0.39, 0.29) is 4.90 Å². The molecule has 1 heterocycles. The summed E-state index contributed by atoms with van der Waals surface area (Å²) in [5.41, 5.74) is 1.34. The number of anilines is 1. The Labute approximate surface area is 115 Å². The summed E-state index contributed by atoms with van der Waals surface area (Å²) < 4.78 is 52.3. The van der Waals surface area contributed by atoms with Crippen LogP contribution in [-0.4, -0.2) is 13.4 Å². The van der Waals surface area contributed by atoms with E-state index >= 15 is 0 Å². The van der Waals surface area contributed by atoms with Crippen LogP contribution in [0.4, 0.5) is 14.5 Å². The standard InChI is InChI=1S/C13H12F2N2O2S/c1-8-3-4-10(7-9(8)2)20(18,19)17-11-5-6-12(14)16-13(11)15/h3-7,17H,1-2H3. The largest absolute Gasteiger partial charge is 0.275 e. The van der Waals surface area contributed by atoms with Gasteiger partial charge < -0.3 is 0 Å². The first-order valence-corrected chi connectivity index (χ1v) is 7.20. The molecule has 2 aromatic rings. The number of pyridine rings is 1. The maximum atomic E-state index is 13.4. The Hall–Kier alpha value is -2.02. The maximum absolute atomic E-state index is 13.4. The number of sulfonamides is 1. The van der Waals surface area contributed by atoms with Crippen molar-refractivity contribution in [2.24, 2.45) is 0 Å². The predicted molar refractivity (Wildman–Crippen MR) is 70.9 cm³/mol. The number of halogens is 2. The molecule has 7 heteroatoms. The Morgan fingerprint density at radius 1 is 1.05 bits per heavy atom. The highest BCUT2D eigenvalue weighted by atomic mass is 32.2. The summed E-state index contributed by atoms with van der Waals surface area (Å²) in [6.07, 6.45) is 0. The van der Waals surface area contributed by atoms with Gasteiger partial charge in [-0.05, 0) is 49.2 Å². The van der Waals surface area contributed by atoms with E-state index in [1.807, 2.05) is 11.6 Å². The normalized spacial score (nSPS) is 11.4. The van der Waals surface area contributed by atoms with Crippen molar-refractivity contribution in [1.82, 2.24) is 4.98 Å². The number of rotatable bonds is 3. The van der Waals surface area contributed by atoms with E-state index in [0.29, 0.717) is 0 Å². The van der Waals surface area contributed by atoms with Crippen LogP contribution in [0, 0.1) is 25.7 Å². The van der Waals surface area contributed by atoms with Gasteiger partial charge >= 0.3 is 0 Å². The molecular formula is C13H12F2N2O2S. The Bertz CT molecular complexity index is 761. The van der Waals surface area contributed by atoms with Crippen LogP contribution >= 0.6 is 0 Å². The molecule has 0 atom stereocenters. The average molecular weight is 298 g/mol. The smallest absolute Gasteiger partial charge is 0.262 e. The van der Waals surface area contributed by atoms with Crippen LogP contribution in [0.5, 0.6) is 0 Å². The summed E-state index contributed by atoms with van der Waals surface area (Å²) >= 11 is 0. The van der Waals surface area contributed by atoms with E-state index in [1.54, 1.807) is 13.0 Å². The fourth-order valence-electron chi connectivity index (χ4n) is 1.57. The summed E-state index contributed by atoms with van der Waals surface area (Å²) in [5, 5.41) is 0. The summed E-state index contributed by atoms with van der Waals surface area (Å²) in [7, 11) is -3.94. The van der Waals surface area contributed by atoms with E-state index in [0.717, 1.165) is 23.3 Å². The Balaban J connectivity index is 2.38. The molecule has 0 radical (unpaired) electrons. The van der Waals surface area contributed by atoms with Crippen LogP contribution in [0.25, 0.3) is 0 Å². The number of aryl methyl sites for hydroxylation is 2. The fraction of sp³-hybridized carbons (Fsp3) is 0.154. The molecule has 106 valence electrons. The number of aromatic nitrogens is 1. The molecule has 0 aliphatic rings. The molecule has 0 bridgehead atoms. The number of benzene rings is 1. The zero-order chi connectivity index (χ0) is 14.9. The van der Waals surface area contributed by atoms with E-state index in [2.05, 4.69) is 4.98 Å². The minimum atomic E-state index is -3.94. The van der Waals surface area contributed by atoms with Crippen molar-refractivity contribution in [2.75, 3.05) is 4.72 Å². The van der Waals surface area contributed by atoms with E-state index in [4.69, 9.17) is 0 Å². The third-order valence-corrected chi connectivity index (χ3v) is 4.21. The van der Waals surface area contributed by atoms with E-state index in [9.17, 15) is 17.2 Å². The molecule has 0 saturated carbocycles. The highest BCUT2D eigenvalue weighted by molar-refractivity contribution is 7.92. The third kappa shape index (κ3) is 2.93. The fourth-order valence-corrected chi connectivity index (χ4v) is 2.71. The number of hydrogen-bond acceptors (Lipinski definition) is 3. The molecule has 0 spiro atoms. The molecule has 0 unspecified atom stereocenters. The number of nitrogens with zero attached hydrogens (tertiary/aromatic N) is 1. The third-order valence-electron chi connectivity index (χ3n) is 2.85. The van der Waals surface area contributed by atoms with Crippen LogP contribution in [0.3, 0.4) is 0 Å². The molecule has 1 aromatic carbocycles. The van der Waals surface area contributed by atoms with Crippen molar-refractivity contribution in [3.05, 3.63) is 53.4 Å². The SMILES string of the molecule is Cc1ccc(S(=O)(=O)Nc2ccc(F)nc2F)cc1C. The molecule has 0 amide bonds. The lowest BCUT2D eigenvalue weighted by atomic mass is 10.1. The quantitative estimate of drug-likeness (QED) is 0.886. The molecule has 1 N–H and O–H groups in total. The van der Waals surface area contributed by atoms with Crippen molar-refractivity contribution in [3.8, 4) is 0 Å². The minimum Gasteiger partial charge on any atom is -0.275 e. The first kappa shape index (κ1) is 14.4. The van der Waals surface area contributed by atoms with Gasteiger partial charge in [0.1, 0.15) is 5.69 Å². The molecule has 4 nitrogen and oxygen atoms in total. The number of hydrogen-bond donors (Lipinski definition) is 1.